The van der Waals surface area contributed by atoms with Gasteiger partial charge in [-0.1, -0.05) is 42.5 Å². The lowest BCUT2D eigenvalue weighted by molar-refractivity contribution is -0.144. The molecule has 0 aliphatic carbocycles. The second-order valence-corrected chi connectivity index (χ2v) is 5.07. The first-order valence-corrected chi connectivity index (χ1v) is 7.24. The van der Waals surface area contributed by atoms with Crippen LogP contribution in [0.25, 0.3) is 0 Å². The number of esters is 1. The SMILES string of the molecule is CCOC(=O)C(Nc1ccccc1Br)c1ccccc1. The highest BCUT2D eigenvalue weighted by Crippen LogP contribution is 2.27. The van der Waals surface area contributed by atoms with Crippen LogP contribution in [0, 0.1) is 0 Å². The molecule has 3 nitrogen and oxygen atoms in total. The number of benzene rings is 2. The van der Waals surface area contributed by atoms with E-state index in [0.717, 1.165) is 15.7 Å². The summed E-state index contributed by atoms with van der Waals surface area (Å²) in [6, 6.07) is 16.7. The van der Waals surface area contributed by atoms with Crippen molar-refractivity contribution in [2.45, 2.75) is 13.0 Å². The Morgan fingerprint density at radius 2 is 1.80 bits per heavy atom. The molecule has 0 heterocycles. The normalized spacial score (nSPS) is 11.7. The Morgan fingerprint density at radius 3 is 2.45 bits per heavy atom. The van der Waals surface area contributed by atoms with Gasteiger partial charge in [0.05, 0.1) is 6.61 Å². The van der Waals surface area contributed by atoms with E-state index in [-0.39, 0.29) is 5.97 Å². The smallest absolute Gasteiger partial charge is 0.333 e. The number of para-hydroxylation sites is 1. The summed E-state index contributed by atoms with van der Waals surface area (Å²) in [6.45, 7) is 2.16. The molecule has 1 N–H and O–H groups in total. The maximum Gasteiger partial charge on any atom is 0.333 e. The maximum atomic E-state index is 12.2. The molecule has 0 aliphatic heterocycles. The van der Waals surface area contributed by atoms with Crippen LogP contribution >= 0.6 is 15.9 Å². The van der Waals surface area contributed by atoms with Crippen LogP contribution in [0.3, 0.4) is 0 Å². The van der Waals surface area contributed by atoms with Crippen LogP contribution in [-0.2, 0) is 9.53 Å². The molecule has 104 valence electrons. The van der Waals surface area contributed by atoms with E-state index < -0.39 is 6.04 Å². The predicted octanol–water partition coefficient (Wildman–Crippen LogP) is 4.17. The molecule has 1 atom stereocenters. The highest BCUT2D eigenvalue weighted by atomic mass is 79.9. The highest BCUT2D eigenvalue weighted by Gasteiger charge is 2.22. The Morgan fingerprint density at radius 1 is 1.15 bits per heavy atom. The summed E-state index contributed by atoms with van der Waals surface area (Å²) in [5, 5.41) is 3.23. The number of carbonyl (C=O) groups excluding carboxylic acids is 1. The summed E-state index contributed by atoms with van der Waals surface area (Å²) in [7, 11) is 0. The van der Waals surface area contributed by atoms with Crippen LogP contribution in [0.4, 0.5) is 5.69 Å². The molecule has 0 radical (unpaired) electrons. The number of anilines is 1. The molecule has 4 heteroatoms. The standard InChI is InChI=1S/C16H16BrNO2/c1-2-20-16(19)15(12-8-4-3-5-9-12)18-14-11-7-6-10-13(14)17/h3-11,15,18H,2H2,1H3. The van der Waals surface area contributed by atoms with Crippen LogP contribution in [-0.4, -0.2) is 12.6 Å². The van der Waals surface area contributed by atoms with Crippen molar-refractivity contribution >= 4 is 27.6 Å². The number of hydrogen-bond donors (Lipinski definition) is 1. The average molecular weight is 334 g/mol. The zero-order valence-electron chi connectivity index (χ0n) is 11.2. The van der Waals surface area contributed by atoms with Crippen molar-refractivity contribution in [3.05, 3.63) is 64.6 Å². The number of carbonyl (C=O) groups is 1. The van der Waals surface area contributed by atoms with Gasteiger partial charge in [-0.15, -0.1) is 0 Å². The minimum atomic E-state index is -0.519. The Bertz CT molecular complexity index is 572. The van der Waals surface area contributed by atoms with Crippen molar-refractivity contribution in [3.8, 4) is 0 Å². The summed E-state index contributed by atoms with van der Waals surface area (Å²) in [5.41, 5.74) is 1.73. The quantitative estimate of drug-likeness (QED) is 0.834. The summed E-state index contributed by atoms with van der Waals surface area (Å²) in [4.78, 5) is 12.2. The molecule has 20 heavy (non-hydrogen) atoms. The third-order valence-electron chi connectivity index (χ3n) is 2.83. The van der Waals surface area contributed by atoms with Gasteiger partial charge in [-0.3, -0.25) is 0 Å². The van der Waals surface area contributed by atoms with Crippen LogP contribution in [0.15, 0.2) is 59.1 Å². The van der Waals surface area contributed by atoms with E-state index in [2.05, 4.69) is 21.2 Å². The van der Waals surface area contributed by atoms with Crippen molar-refractivity contribution in [1.82, 2.24) is 0 Å². The number of rotatable bonds is 5. The van der Waals surface area contributed by atoms with E-state index >= 15 is 0 Å². The molecular weight excluding hydrogens is 318 g/mol. The van der Waals surface area contributed by atoms with Crippen molar-refractivity contribution in [1.29, 1.82) is 0 Å². The minimum Gasteiger partial charge on any atom is -0.464 e. The first-order chi connectivity index (χ1) is 9.72. The average Bonchev–Trinajstić information content (AvgIpc) is 2.47. The summed E-state index contributed by atoms with van der Waals surface area (Å²) < 4.78 is 6.06. The second-order valence-electron chi connectivity index (χ2n) is 4.22. The molecule has 0 bridgehead atoms. The fraction of sp³-hybridized carbons (Fsp3) is 0.188. The van der Waals surface area contributed by atoms with Crippen LogP contribution in [0.2, 0.25) is 0 Å². The fourth-order valence-corrected chi connectivity index (χ4v) is 2.28. The lowest BCUT2D eigenvalue weighted by Crippen LogP contribution is -2.23. The van der Waals surface area contributed by atoms with Gasteiger partial charge >= 0.3 is 5.97 Å². The molecule has 0 saturated heterocycles. The fourth-order valence-electron chi connectivity index (χ4n) is 1.88. The third-order valence-corrected chi connectivity index (χ3v) is 3.52. The number of ether oxygens (including phenoxy) is 1. The first-order valence-electron chi connectivity index (χ1n) is 6.45. The van der Waals surface area contributed by atoms with Gasteiger partial charge in [0.1, 0.15) is 0 Å². The molecule has 0 saturated carbocycles. The van der Waals surface area contributed by atoms with E-state index in [0.29, 0.717) is 6.61 Å². The second kappa shape index (κ2) is 7.10. The third kappa shape index (κ3) is 3.61. The largest absolute Gasteiger partial charge is 0.464 e. The number of halogens is 1. The van der Waals surface area contributed by atoms with Gasteiger partial charge in [0.25, 0.3) is 0 Å². The molecule has 0 aliphatic rings. The Hall–Kier alpha value is -1.81. The van der Waals surface area contributed by atoms with E-state index in [1.165, 1.54) is 0 Å². The van der Waals surface area contributed by atoms with Gasteiger partial charge in [-0.2, -0.15) is 0 Å². The van der Waals surface area contributed by atoms with Crippen molar-refractivity contribution in [2.75, 3.05) is 11.9 Å². The molecular formula is C16H16BrNO2. The van der Waals surface area contributed by atoms with E-state index in [4.69, 9.17) is 4.74 Å². The summed E-state index contributed by atoms with van der Waals surface area (Å²) in [6.07, 6.45) is 0. The van der Waals surface area contributed by atoms with E-state index in [1.807, 2.05) is 54.6 Å². The summed E-state index contributed by atoms with van der Waals surface area (Å²) >= 11 is 3.47. The predicted molar refractivity (Wildman–Crippen MR) is 83.6 cm³/mol. The molecule has 0 spiro atoms. The molecule has 1 unspecified atom stereocenters. The zero-order chi connectivity index (χ0) is 14.4. The van der Waals surface area contributed by atoms with E-state index in [1.54, 1.807) is 6.92 Å². The number of hydrogen-bond acceptors (Lipinski definition) is 3. The maximum absolute atomic E-state index is 12.2. The molecule has 2 aromatic rings. The lowest BCUT2D eigenvalue weighted by Gasteiger charge is -2.19. The van der Waals surface area contributed by atoms with Gasteiger partial charge in [0.2, 0.25) is 0 Å². The molecule has 2 aromatic carbocycles. The molecule has 0 aromatic heterocycles. The van der Waals surface area contributed by atoms with Crippen molar-refractivity contribution in [2.24, 2.45) is 0 Å². The Balaban J connectivity index is 2.28. The van der Waals surface area contributed by atoms with Crippen LogP contribution in [0.5, 0.6) is 0 Å². The van der Waals surface area contributed by atoms with Crippen LogP contribution in [0.1, 0.15) is 18.5 Å². The zero-order valence-corrected chi connectivity index (χ0v) is 12.8. The van der Waals surface area contributed by atoms with Crippen molar-refractivity contribution in [3.63, 3.8) is 0 Å². The lowest BCUT2D eigenvalue weighted by atomic mass is 10.1. The highest BCUT2D eigenvalue weighted by molar-refractivity contribution is 9.10. The Kier molecular flexibility index (Phi) is 5.18. The first kappa shape index (κ1) is 14.6. The number of nitrogens with one attached hydrogen (secondary N) is 1. The van der Waals surface area contributed by atoms with E-state index in [9.17, 15) is 4.79 Å². The molecule has 0 amide bonds. The topological polar surface area (TPSA) is 38.3 Å². The van der Waals surface area contributed by atoms with Gasteiger partial charge in [-0.05, 0) is 40.5 Å². The van der Waals surface area contributed by atoms with Gasteiger partial charge in [0.15, 0.2) is 6.04 Å². The minimum absolute atomic E-state index is 0.283. The monoisotopic (exact) mass is 333 g/mol. The van der Waals surface area contributed by atoms with Gasteiger partial charge < -0.3 is 10.1 Å². The van der Waals surface area contributed by atoms with Gasteiger partial charge in [0, 0.05) is 10.2 Å². The van der Waals surface area contributed by atoms with Gasteiger partial charge in [-0.25, -0.2) is 4.79 Å². The summed E-state index contributed by atoms with van der Waals surface area (Å²) in [5.74, 6) is -0.283. The molecule has 2 rings (SSSR count). The molecule has 0 fully saturated rings. The Labute approximate surface area is 127 Å². The van der Waals surface area contributed by atoms with Crippen molar-refractivity contribution < 1.29 is 9.53 Å². The van der Waals surface area contributed by atoms with Crippen LogP contribution < -0.4 is 5.32 Å².